The minimum absolute atomic E-state index is 0.309. The summed E-state index contributed by atoms with van der Waals surface area (Å²) in [6.45, 7) is 1.18. The Hall–Kier alpha value is -1.26. The third-order valence-electron chi connectivity index (χ3n) is 3.57. The molecule has 1 aliphatic carbocycles. The summed E-state index contributed by atoms with van der Waals surface area (Å²) in [5.74, 6) is 1.69. The summed E-state index contributed by atoms with van der Waals surface area (Å²) in [7, 11) is 0. The second-order valence-corrected chi connectivity index (χ2v) is 4.77. The zero-order valence-corrected chi connectivity index (χ0v) is 9.82. The normalized spacial score (nSPS) is 26.4. The summed E-state index contributed by atoms with van der Waals surface area (Å²) in [4.78, 5) is 0. The van der Waals surface area contributed by atoms with Gasteiger partial charge in [0.15, 0.2) is 11.5 Å². The minimum atomic E-state index is 0.309. The third kappa shape index (κ3) is 2.23. The van der Waals surface area contributed by atoms with E-state index in [0.29, 0.717) is 18.9 Å². The van der Waals surface area contributed by atoms with E-state index in [1.165, 1.54) is 18.4 Å². The molecule has 4 heteroatoms. The molecule has 0 bridgehead atoms. The highest BCUT2D eigenvalue weighted by Gasteiger charge is 2.23. The Bertz CT molecular complexity index is 408. The molecule has 0 unspecified atom stereocenters. The second kappa shape index (κ2) is 4.55. The molecule has 1 fully saturated rings. The van der Waals surface area contributed by atoms with Gasteiger partial charge in [-0.15, -0.1) is 0 Å². The Morgan fingerprint density at radius 3 is 2.94 bits per heavy atom. The summed E-state index contributed by atoms with van der Waals surface area (Å²) in [6, 6.07) is 6.84. The molecule has 0 saturated heterocycles. The minimum Gasteiger partial charge on any atom is -0.454 e. The van der Waals surface area contributed by atoms with E-state index in [1.54, 1.807) is 0 Å². The molecule has 1 aromatic carbocycles. The highest BCUT2D eigenvalue weighted by Crippen LogP contribution is 2.32. The van der Waals surface area contributed by atoms with Gasteiger partial charge >= 0.3 is 0 Å². The van der Waals surface area contributed by atoms with Gasteiger partial charge in [0.2, 0.25) is 6.79 Å². The molecule has 0 amide bonds. The van der Waals surface area contributed by atoms with Crippen molar-refractivity contribution in [3.05, 3.63) is 23.8 Å². The fourth-order valence-corrected chi connectivity index (χ4v) is 2.54. The van der Waals surface area contributed by atoms with Crippen LogP contribution in [0.25, 0.3) is 0 Å². The van der Waals surface area contributed by atoms with Crippen LogP contribution in [-0.2, 0) is 6.54 Å². The summed E-state index contributed by atoms with van der Waals surface area (Å²) in [6.07, 6.45) is 3.56. The van der Waals surface area contributed by atoms with Crippen LogP contribution in [0.5, 0.6) is 11.5 Å². The number of rotatable bonds is 3. The number of nitrogens with two attached hydrogens (primary N) is 1. The van der Waals surface area contributed by atoms with Crippen molar-refractivity contribution < 1.29 is 9.47 Å². The van der Waals surface area contributed by atoms with Crippen LogP contribution in [0.3, 0.4) is 0 Å². The molecule has 0 radical (unpaired) electrons. The zero-order chi connectivity index (χ0) is 11.7. The monoisotopic (exact) mass is 234 g/mol. The van der Waals surface area contributed by atoms with Gasteiger partial charge in [-0.25, -0.2) is 0 Å². The van der Waals surface area contributed by atoms with Gasteiger partial charge in [0.05, 0.1) is 0 Å². The topological polar surface area (TPSA) is 56.5 Å². The second-order valence-electron chi connectivity index (χ2n) is 4.77. The fourth-order valence-electron chi connectivity index (χ4n) is 2.54. The first kappa shape index (κ1) is 10.9. The molecule has 2 atom stereocenters. The van der Waals surface area contributed by atoms with Crippen molar-refractivity contribution in [2.24, 2.45) is 5.73 Å². The molecule has 92 valence electrons. The average Bonchev–Trinajstić information content (AvgIpc) is 2.94. The van der Waals surface area contributed by atoms with Crippen molar-refractivity contribution in [3.8, 4) is 11.5 Å². The van der Waals surface area contributed by atoms with E-state index >= 15 is 0 Å². The zero-order valence-electron chi connectivity index (χ0n) is 9.82. The lowest BCUT2D eigenvalue weighted by molar-refractivity contribution is 0.174. The number of fused-ring (bicyclic) bond motifs is 1. The standard InChI is InChI=1S/C13H18N2O2/c14-10-2-1-3-11(10)15-7-9-4-5-12-13(6-9)17-8-16-12/h4-6,10-11,15H,1-3,7-8,14H2/t10-,11-/m0/s1. The van der Waals surface area contributed by atoms with Crippen LogP contribution >= 0.6 is 0 Å². The maximum atomic E-state index is 6.03. The average molecular weight is 234 g/mol. The van der Waals surface area contributed by atoms with Gasteiger partial charge in [0.25, 0.3) is 0 Å². The fraction of sp³-hybridized carbons (Fsp3) is 0.538. The summed E-state index contributed by atoms with van der Waals surface area (Å²) in [5.41, 5.74) is 7.24. The highest BCUT2D eigenvalue weighted by atomic mass is 16.7. The maximum Gasteiger partial charge on any atom is 0.231 e. The van der Waals surface area contributed by atoms with E-state index in [0.717, 1.165) is 24.5 Å². The number of nitrogens with one attached hydrogen (secondary N) is 1. The Morgan fingerprint density at radius 2 is 2.12 bits per heavy atom. The number of benzene rings is 1. The van der Waals surface area contributed by atoms with E-state index in [2.05, 4.69) is 11.4 Å². The molecule has 4 nitrogen and oxygen atoms in total. The Labute approximate surface area is 101 Å². The van der Waals surface area contributed by atoms with Crippen molar-refractivity contribution in [3.63, 3.8) is 0 Å². The Morgan fingerprint density at radius 1 is 1.24 bits per heavy atom. The first-order chi connectivity index (χ1) is 8.33. The van der Waals surface area contributed by atoms with Crippen LogP contribution in [0.2, 0.25) is 0 Å². The molecule has 0 aromatic heterocycles. The third-order valence-corrected chi connectivity index (χ3v) is 3.57. The highest BCUT2D eigenvalue weighted by molar-refractivity contribution is 5.44. The molecule has 1 saturated carbocycles. The molecule has 3 N–H and O–H groups in total. The number of hydrogen-bond donors (Lipinski definition) is 2. The van der Waals surface area contributed by atoms with Crippen LogP contribution in [0.1, 0.15) is 24.8 Å². The molecule has 1 heterocycles. The van der Waals surface area contributed by atoms with Gasteiger partial charge < -0.3 is 20.5 Å². The van der Waals surface area contributed by atoms with Gasteiger partial charge in [-0.3, -0.25) is 0 Å². The molecule has 1 aromatic rings. The van der Waals surface area contributed by atoms with E-state index in [9.17, 15) is 0 Å². The van der Waals surface area contributed by atoms with Crippen molar-refractivity contribution >= 4 is 0 Å². The molecule has 17 heavy (non-hydrogen) atoms. The van der Waals surface area contributed by atoms with E-state index in [4.69, 9.17) is 15.2 Å². The number of hydrogen-bond acceptors (Lipinski definition) is 4. The van der Waals surface area contributed by atoms with E-state index in [-0.39, 0.29) is 0 Å². The van der Waals surface area contributed by atoms with Crippen molar-refractivity contribution in [1.29, 1.82) is 0 Å². The van der Waals surface area contributed by atoms with Crippen LogP contribution in [0.4, 0.5) is 0 Å². The molecule has 0 spiro atoms. The van der Waals surface area contributed by atoms with Crippen LogP contribution in [0, 0.1) is 0 Å². The van der Waals surface area contributed by atoms with Crippen LogP contribution in [-0.4, -0.2) is 18.9 Å². The predicted octanol–water partition coefficient (Wildman–Crippen LogP) is 1.38. The molecular weight excluding hydrogens is 216 g/mol. The summed E-state index contributed by atoms with van der Waals surface area (Å²) < 4.78 is 10.6. The van der Waals surface area contributed by atoms with Crippen LogP contribution in [0.15, 0.2) is 18.2 Å². The Balaban J connectivity index is 1.61. The van der Waals surface area contributed by atoms with Gasteiger partial charge in [-0.1, -0.05) is 12.5 Å². The summed E-state index contributed by atoms with van der Waals surface area (Å²) >= 11 is 0. The number of ether oxygens (including phenoxy) is 2. The predicted molar refractivity (Wildman–Crippen MR) is 65.0 cm³/mol. The van der Waals surface area contributed by atoms with Gasteiger partial charge in [0, 0.05) is 18.6 Å². The first-order valence-corrected chi connectivity index (χ1v) is 6.20. The van der Waals surface area contributed by atoms with Gasteiger partial charge in [-0.05, 0) is 30.5 Å². The largest absolute Gasteiger partial charge is 0.454 e. The Kier molecular flexibility index (Phi) is 2.91. The van der Waals surface area contributed by atoms with Gasteiger partial charge in [-0.2, -0.15) is 0 Å². The maximum absolute atomic E-state index is 6.03. The van der Waals surface area contributed by atoms with Gasteiger partial charge in [0.1, 0.15) is 0 Å². The molecule has 1 aliphatic heterocycles. The SMILES string of the molecule is N[C@H]1CCC[C@@H]1NCc1ccc2c(c1)OCO2. The van der Waals surface area contributed by atoms with Crippen molar-refractivity contribution in [1.82, 2.24) is 5.32 Å². The van der Waals surface area contributed by atoms with Crippen molar-refractivity contribution in [2.45, 2.75) is 37.9 Å². The molecule has 3 rings (SSSR count). The lowest BCUT2D eigenvalue weighted by atomic mass is 10.1. The van der Waals surface area contributed by atoms with Crippen molar-refractivity contribution in [2.75, 3.05) is 6.79 Å². The lowest BCUT2D eigenvalue weighted by Gasteiger charge is -2.17. The lowest BCUT2D eigenvalue weighted by Crippen LogP contribution is -2.40. The van der Waals surface area contributed by atoms with E-state index < -0.39 is 0 Å². The summed E-state index contributed by atoms with van der Waals surface area (Å²) in [5, 5.41) is 3.52. The molecule has 2 aliphatic rings. The quantitative estimate of drug-likeness (QED) is 0.829. The first-order valence-electron chi connectivity index (χ1n) is 6.20. The van der Waals surface area contributed by atoms with Crippen LogP contribution < -0.4 is 20.5 Å². The van der Waals surface area contributed by atoms with E-state index in [1.807, 2.05) is 12.1 Å². The smallest absolute Gasteiger partial charge is 0.231 e. The molecular formula is C13H18N2O2.